The Morgan fingerprint density at radius 2 is 1.93 bits per heavy atom. The normalized spacial score (nSPS) is 47.9. The number of aliphatic hydroxyl groups is 1. The minimum absolute atomic E-state index is 0.194. The molecule has 0 aromatic carbocycles. The SMILES string of the molecule is C[C@]1(O)CCC[C@]2(C#N)CCCC[C@H]21. The molecule has 0 aromatic rings. The van der Waals surface area contributed by atoms with E-state index < -0.39 is 5.60 Å². The number of rotatable bonds is 0. The van der Waals surface area contributed by atoms with Crippen molar-refractivity contribution in [2.24, 2.45) is 11.3 Å². The third-order valence-corrected chi connectivity index (χ3v) is 4.31. The van der Waals surface area contributed by atoms with E-state index in [1.54, 1.807) is 0 Å². The molecule has 0 saturated heterocycles. The summed E-state index contributed by atoms with van der Waals surface area (Å²) in [5.41, 5.74) is -0.783. The first-order valence-electron chi connectivity index (χ1n) is 5.74. The standard InChI is InChI=1S/C12H19NO/c1-11(14)6-4-8-12(9-13)7-3-2-5-10(11)12/h10,14H,2-8H2,1H3/t10-,11-,12-/m0/s1. The molecule has 2 nitrogen and oxygen atoms in total. The van der Waals surface area contributed by atoms with E-state index in [9.17, 15) is 10.4 Å². The summed E-state index contributed by atoms with van der Waals surface area (Å²) in [5, 5.41) is 19.7. The van der Waals surface area contributed by atoms with E-state index >= 15 is 0 Å². The second kappa shape index (κ2) is 3.24. The van der Waals surface area contributed by atoms with E-state index in [4.69, 9.17) is 0 Å². The van der Waals surface area contributed by atoms with Crippen molar-refractivity contribution in [1.82, 2.24) is 0 Å². The van der Waals surface area contributed by atoms with E-state index in [1.165, 1.54) is 12.8 Å². The van der Waals surface area contributed by atoms with Crippen LogP contribution in [0.25, 0.3) is 0 Å². The van der Waals surface area contributed by atoms with E-state index in [1.807, 2.05) is 6.92 Å². The molecule has 0 heterocycles. The lowest BCUT2D eigenvalue weighted by molar-refractivity contribution is -0.0985. The third kappa shape index (κ3) is 1.35. The highest BCUT2D eigenvalue weighted by atomic mass is 16.3. The summed E-state index contributed by atoms with van der Waals surface area (Å²) in [4.78, 5) is 0. The molecule has 2 rings (SSSR count). The van der Waals surface area contributed by atoms with Crippen LogP contribution >= 0.6 is 0 Å². The average molecular weight is 193 g/mol. The molecule has 2 heteroatoms. The van der Waals surface area contributed by atoms with Crippen molar-refractivity contribution in [2.45, 2.75) is 57.5 Å². The number of fused-ring (bicyclic) bond motifs is 1. The molecule has 78 valence electrons. The summed E-state index contributed by atoms with van der Waals surface area (Å²) in [6.45, 7) is 1.92. The molecule has 14 heavy (non-hydrogen) atoms. The Balaban J connectivity index is 2.30. The third-order valence-electron chi connectivity index (χ3n) is 4.31. The highest BCUT2D eigenvalue weighted by Crippen LogP contribution is 2.53. The van der Waals surface area contributed by atoms with E-state index in [2.05, 4.69) is 6.07 Å². The van der Waals surface area contributed by atoms with Crippen LogP contribution in [0, 0.1) is 22.7 Å². The minimum Gasteiger partial charge on any atom is -0.390 e. The van der Waals surface area contributed by atoms with Gasteiger partial charge in [0.1, 0.15) is 0 Å². The average Bonchev–Trinajstić information content (AvgIpc) is 2.17. The molecule has 2 fully saturated rings. The van der Waals surface area contributed by atoms with Crippen LogP contribution in [0.5, 0.6) is 0 Å². The van der Waals surface area contributed by atoms with Crippen molar-refractivity contribution < 1.29 is 5.11 Å². The van der Waals surface area contributed by atoms with Crippen molar-refractivity contribution in [2.75, 3.05) is 0 Å². The number of nitriles is 1. The zero-order valence-corrected chi connectivity index (χ0v) is 8.92. The highest BCUT2D eigenvalue weighted by molar-refractivity contribution is 5.11. The molecule has 2 saturated carbocycles. The van der Waals surface area contributed by atoms with Crippen LogP contribution in [-0.4, -0.2) is 10.7 Å². The molecular weight excluding hydrogens is 174 g/mol. The zero-order valence-electron chi connectivity index (χ0n) is 8.92. The summed E-state index contributed by atoms with van der Waals surface area (Å²) in [7, 11) is 0. The van der Waals surface area contributed by atoms with Crippen LogP contribution in [0.2, 0.25) is 0 Å². The summed E-state index contributed by atoms with van der Waals surface area (Å²) in [6, 6.07) is 2.51. The maximum atomic E-state index is 10.3. The van der Waals surface area contributed by atoms with Gasteiger partial charge in [0.05, 0.1) is 17.1 Å². The minimum atomic E-state index is -0.589. The first kappa shape index (κ1) is 9.98. The Morgan fingerprint density at radius 3 is 2.57 bits per heavy atom. The molecule has 0 radical (unpaired) electrons. The smallest absolute Gasteiger partial charge is 0.0693 e. The van der Waals surface area contributed by atoms with Crippen LogP contribution < -0.4 is 0 Å². The number of nitrogens with zero attached hydrogens (tertiary/aromatic N) is 1. The molecule has 0 unspecified atom stereocenters. The molecule has 3 atom stereocenters. The first-order valence-corrected chi connectivity index (χ1v) is 5.74. The van der Waals surface area contributed by atoms with E-state index in [-0.39, 0.29) is 11.3 Å². The molecule has 2 aliphatic carbocycles. The molecule has 0 amide bonds. The molecular formula is C12H19NO. The summed E-state index contributed by atoms with van der Waals surface area (Å²) >= 11 is 0. The van der Waals surface area contributed by atoms with Gasteiger partial charge >= 0.3 is 0 Å². The highest BCUT2D eigenvalue weighted by Gasteiger charge is 2.51. The maximum absolute atomic E-state index is 10.3. The lowest BCUT2D eigenvalue weighted by Gasteiger charge is -2.50. The molecule has 0 aromatic heterocycles. The second-order valence-corrected chi connectivity index (χ2v) is 5.28. The van der Waals surface area contributed by atoms with Crippen LogP contribution in [-0.2, 0) is 0 Å². The molecule has 2 aliphatic rings. The summed E-state index contributed by atoms with van der Waals surface area (Å²) in [6.07, 6.45) is 7.29. The molecule has 0 aliphatic heterocycles. The lowest BCUT2D eigenvalue weighted by Crippen LogP contribution is -2.50. The van der Waals surface area contributed by atoms with Crippen LogP contribution in [0.3, 0.4) is 0 Å². The van der Waals surface area contributed by atoms with Crippen molar-refractivity contribution in [1.29, 1.82) is 5.26 Å². The second-order valence-electron chi connectivity index (χ2n) is 5.28. The van der Waals surface area contributed by atoms with Gasteiger partial charge in [-0.2, -0.15) is 5.26 Å². The summed E-state index contributed by atoms with van der Waals surface area (Å²) < 4.78 is 0. The van der Waals surface area contributed by atoms with Crippen LogP contribution in [0.1, 0.15) is 51.9 Å². The zero-order chi connectivity index (χ0) is 10.2. The van der Waals surface area contributed by atoms with Gasteiger partial charge in [-0.3, -0.25) is 0 Å². The first-order chi connectivity index (χ1) is 6.61. The monoisotopic (exact) mass is 193 g/mol. The van der Waals surface area contributed by atoms with Crippen LogP contribution in [0.15, 0.2) is 0 Å². The van der Waals surface area contributed by atoms with Gasteiger partial charge in [-0.15, -0.1) is 0 Å². The number of hydrogen-bond donors (Lipinski definition) is 1. The van der Waals surface area contributed by atoms with E-state index in [0.717, 1.165) is 32.1 Å². The van der Waals surface area contributed by atoms with Gasteiger partial charge in [0.2, 0.25) is 0 Å². The fourth-order valence-electron chi connectivity index (χ4n) is 3.57. The Kier molecular flexibility index (Phi) is 2.31. The topological polar surface area (TPSA) is 44.0 Å². The predicted octanol–water partition coefficient (Wildman–Crippen LogP) is 2.62. The van der Waals surface area contributed by atoms with Gasteiger partial charge in [-0.05, 0) is 39.0 Å². The Labute approximate surface area is 85.9 Å². The largest absolute Gasteiger partial charge is 0.390 e. The lowest BCUT2D eigenvalue weighted by atomic mass is 9.55. The fourth-order valence-corrected chi connectivity index (χ4v) is 3.57. The Bertz CT molecular complexity index is 262. The van der Waals surface area contributed by atoms with Gasteiger partial charge in [0, 0.05) is 5.92 Å². The Morgan fingerprint density at radius 1 is 1.21 bits per heavy atom. The van der Waals surface area contributed by atoms with Crippen molar-refractivity contribution in [3.05, 3.63) is 0 Å². The summed E-state index contributed by atoms with van der Waals surface area (Å²) in [5.74, 6) is 0.225. The van der Waals surface area contributed by atoms with Crippen LogP contribution in [0.4, 0.5) is 0 Å². The fraction of sp³-hybridized carbons (Fsp3) is 0.917. The van der Waals surface area contributed by atoms with E-state index in [0.29, 0.717) is 0 Å². The van der Waals surface area contributed by atoms with Crippen molar-refractivity contribution in [3.8, 4) is 6.07 Å². The maximum Gasteiger partial charge on any atom is 0.0693 e. The van der Waals surface area contributed by atoms with Crippen molar-refractivity contribution >= 4 is 0 Å². The molecule has 1 N–H and O–H groups in total. The predicted molar refractivity (Wildman–Crippen MR) is 54.5 cm³/mol. The quantitative estimate of drug-likeness (QED) is 0.642. The van der Waals surface area contributed by atoms with Gasteiger partial charge in [0.15, 0.2) is 0 Å². The van der Waals surface area contributed by atoms with Gasteiger partial charge < -0.3 is 5.11 Å². The van der Waals surface area contributed by atoms with Crippen molar-refractivity contribution in [3.63, 3.8) is 0 Å². The number of hydrogen-bond acceptors (Lipinski definition) is 2. The molecule has 0 bridgehead atoms. The van der Waals surface area contributed by atoms with Gasteiger partial charge in [-0.25, -0.2) is 0 Å². The Hall–Kier alpha value is -0.550. The van der Waals surface area contributed by atoms with Gasteiger partial charge in [-0.1, -0.05) is 12.8 Å². The molecule has 0 spiro atoms. The van der Waals surface area contributed by atoms with Gasteiger partial charge in [0.25, 0.3) is 0 Å².